The van der Waals surface area contributed by atoms with Gasteiger partial charge in [-0.1, -0.05) is 0 Å². The average Bonchev–Trinajstić information content (AvgIpc) is 3.00. The maximum absolute atomic E-state index is 11.2. The summed E-state index contributed by atoms with van der Waals surface area (Å²) in [6, 6.07) is -4.24. The first-order chi connectivity index (χ1) is 22.0. The summed E-state index contributed by atoms with van der Waals surface area (Å²) >= 11 is 0. The molecule has 20 heteroatoms. The van der Waals surface area contributed by atoms with Crippen molar-refractivity contribution in [1.82, 2.24) is 4.90 Å². The fourth-order valence-electron chi connectivity index (χ4n) is 6.24. The standard InChI is InChI=1S/C27H54N4O16/c1-10(35)4-31(5-11(2)36)6-12(37)3-27(9-34)23(41)20(40)17(30)26(47-27)46-22-14(8-33)44-25(16(29)19(22)39)45-21-13(7-32)43-24(42)15(28)18(21)38/h10-26,32-42H,3-9,28-30H2,1-2H3/t10?,11?,12?,13-,14-,15-,16-,17-,18-,19-,20-,21?,22?,23+,24-,25+,26+,27-/m1/s1. The van der Waals surface area contributed by atoms with Crippen molar-refractivity contribution in [2.45, 2.75) is 130 Å². The highest BCUT2D eigenvalue weighted by molar-refractivity contribution is 5.04. The molecular formula is C27H54N4O16. The van der Waals surface area contributed by atoms with E-state index in [2.05, 4.69) is 0 Å². The van der Waals surface area contributed by atoms with Crippen LogP contribution in [0.1, 0.15) is 20.3 Å². The fourth-order valence-corrected chi connectivity index (χ4v) is 6.24. The van der Waals surface area contributed by atoms with E-state index in [4.69, 9.17) is 40.9 Å². The Balaban J connectivity index is 1.76. The van der Waals surface area contributed by atoms with Gasteiger partial charge in [0, 0.05) is 26.1 Å². The Labute approximate surface area is 271 Å². The lowest BCUT2D eigenvalue weighted by molar-refractivity contribution is -0.362. The van der Waals surface area contributed by atoms with Gasteiger partial charge in [0.25, 0.3) is 0 Å². The van der Waals surface area contributed by atoms with Gasteiger partial charge >= 0.3 is 0 Å². The van der Waals surface area contributed by atoms with Gasteiger partial charge in [-0.2, -0.15) is 0 Å². The molecule has 3 aliphatic rings. The van der Waals surface area contributed by atoms with Crippen molar-refractivity contribution in [3.8, 4) is 0 Å². The van der Waals surface area contributed by atoms with Gasteiger partial charge in [-0.25, -0.2) is 0 Å². The summed E-state index contributed by atoms with van der Waals surface area (Å²) in [6.45, 7) is 0.676. The zero-order chi connectivity index (χ0) is 35.4. The van der Waals surface area contributed by atoms with Gasteiger partial charge in [-0.3, -0.25) is 4.90 Å². The van der Waals surface area contributed by atoms with E-state index in [0.29, 0.717) is 0 Å². The number of hydrogen-bond acceptors (Lipinski definition) is 20. The van der Waals surface area contributed by atoms with Gasteiger partial charge in [-0.05, 0) is 13.8 Å². The van der Waals surface area contributed by atoms with E-state index in [1.54, 1.807) is 4.90 Å². The van der Waals surface area contributed by atoms with Crippen LogP contribution >= 0.6 is 0 Å². The van der Waals surface area contributed by atoms with Gasteiger partial charge in [0.05, 0.1) is 56.3 Å². The van der Waals surface area contributed by atoms with Crippen molar-refractivity contribution in [2.75, 3.05) is 39.5 Å². The second-order valence-electron chi connectivity index (χ2n) is 12.8. The predicted octanol–water partition coefficient (Wildman–Crippen LogP) is -8.49. The zero-order valence-corrected chi connectivity index (χ0v) is 26.4. The zero-order valence-electron chi connectivity index (χ0n) is 26.4. The average molecular weight is 691 g/mol. The minimum absolute atomic E-state index is 0.0892. The largest absolute Gasteiger partial charge is 0.394 e. The lowest BCUT2D eigenvalue weighted by Gasteiger charge is -2.51. The smallest absolute Gasteiger partial charge is 0.176 e. The van der Waals surface area contributed by atoms with Crippen LogP contribution in [0, 0.1) is 0 Å². The Morgan fingerprint density at radius 3 is 1.70 bits per heavy atom. The monoisotopic (exact) mass is 690 g/mol. The fraction of sp³-hybridized carbons (Fsp3) is 1.00. The van der Waals surface area contributed by atoms with Crippen LogP contribution in [0.25, 0.3) is 0 Å². The maximum atomic E-state index is 11.2. The van der Waals surface area contributed by atoms with Gasteiger partial charge in [0.2, 0.25) is 0 Å². The Hall–Kier alpha value is -0.800. The molecule has 5 unspecified atom stereocenters. The number of ether oxygens (including phenoxy) is 5. The lowest BCUT2D eigenvalue weighted by atomic mass is 9.82. The normalized spacial score (nSPS) is 45.1. The van der Waals surface area contributed by atoms with Crippen molar-refractivity contribution >= 4 is 0 Å². The van der Waals surface area contributed by atoms with Crippen molar-refractivity contribution in [2.24, 2.45) is 17.2 Å². The molecule has 0 aliphatic carbocycles. The molecule has 3 fully saturated rings. The van der Waals surface area contributed by atoms with E-state index in [-0.39, 0.29) is 19.6 Å². The van der Waals surface area contributed by atoms with E-state index in [1.165, 1.54) is 13.8 Å². The summed E-state index contributed by atoms with van der Waals surface area (Å²) in [5.41, 5.74) is 16.0. The number of aliphatic hydroxyl groups is 11. The van der Waals surface area contributed by atoms with E-state index in [9.17, 15) is 56.2 Å². The molecule has 0 spiro atoms. The first-order valence-electron chi connectivity index (χ1n) is 15.6. The van der Waals surface area contributed by atoms with Crippen molar-refractivity contribution in [3.05, 3.63) is 0 Å². The molecule has 47 heavy (non-hydrogen) atoms. The molecule has 0 saturated carbocycles. The van der Waals surface area contributed by atoms with Crippen LogP contribution in [0.5, 0.6) is 0 Å². The Morgan fingerprint density at radius 1 is 0.702 bits per heavy atom. The van der Waals surface area contributed by atoms with Crippen LogP contribution in [0.3, 0.4) is 0 Å². The van der Waals surface area contributed by atoms with Crippen LogP contribution in [-0.2, 0) is 23.7 Å². The molecule has 20 nitrogen and oxygen atoms in total. The summed E-state index contributed by atoms with van der Waals surface area (Å²) in [4.78, 5) is 1.56. The molecule has 0 bridgehead atoms. The third-order valence-electron chi connectivity index (χ3n) is 8.69. The molecule has 0 amide bonds. The minimum Gasteiger partial charge on any atom is -0.394 e. The van der Waals surface area contributed by atoms with E-state index in [0.717, 1.165) is 0 Å². The van der Waals surface area contributed by atoms with Crippen molar-refractivity contribution < 1.29 is 79.9 Å². The van der Waals surface area contributed by atoms with E-state index in [1.807, 2.05) is 0 Å². The first-order valence-corrected chi connectivity index (χ1v) is 15.6. The van der Waals surface area contributed by atoms with Gasteiger partial charge in [0.1, 0.15) is 54.4 Å². The molecule has 17 N–H and O–H groups in total. The molecule has 0 aromatic heterocycles. The number of nitrogens with zero attached hydrogens (tertiary/aromatic N) is 1. The highest BCUT2D eigenvalue weighted by Crippen LogP contribution is 2.36. The van der Waals surface area contributed by atoms with Crippen LogP contribution in [-0.4, -0.2) is 210 Å². The predicted molar refractivity (Wildman–Crippen MR) is 157 cm³/mol. The molecule has 3 heterocycles. The van der Waals surface area contributed by atoms with Crippen molar-refractivity contribution in [1.29, 1.82) is 0 Å². The van der Waals surface area contributed by atoms with Crippen molar-refractivity contribution in [3.63, 3.8) is 0 Å². The van der Waals surface area contributed by atoms with Crippen LogP contribution in [0.15, 0.2) is 0 Å². The number of nitrogens with two attached hydrogens (primary N) is 3. The Kier molecular flexibility index (Phi) is 15.1. The van der Waals surface area contributed by atoms with Crippen LogP contribution < -0.4 is 17.2 Å². The Morgan fingerprint density at radius 2 is 1.19 bits per heavy atom. The highest BCUT2D eigenvalue weighted by Gasteiger charge is 2.56. The summed E-state index contributed by atoms with van der Waals surface area (Å²) in [7, 11) is 0. The summed E-state index contributed by atoms with van der Waals surface area (Å²) in [5, 5.41) is 114. The molecule has 0 aromatic rings. The quantitative estimate of drug-likeness (QED) is 0.0758. The lowest BCUT2D eigenvalue weighted by Crippen LogP contribution is -2.72. The molecular weight excluding hydrogens is 636 g/mol. The minimum atomic E-state index is -2.05. The van der Waals surface area contributed by atoms with Gasteiger partial charge in [-0.15, -0.1) is 0 Å². The maximum Gasteiger partial charge on any atom is 0.176 e. The third kappa shape index (κ3) is 9.51. The molecule has 3 aliphatic heterocycles. The second kappa shape index (κ2) is 17.4. The molecule has 3 rings (SSSR count). The van der Waals surface area contributed by atoms with Crippen LogP contribution in [0.4, 0.5) is 0 Å². The third-order valence-corrected chi connectivity index (χ3v) is 8.69. The van der Waals surface area contributed by atoms with Gasteiger partial charge < -0.3 is 97.1 Å². The molecule has 0 radical (unpaired) electrons. The first kappa shape index (κ1) is 40.6. The number of rotatable bonds is 15. The molecule has 0 aromatic carbocycles. The number of hydrogen-bond donors (Lipinski definition) is 14. The second-order valence-corrected chi connectivity index (χ2v) is 12.8. The SMILES string of the molecule is CC(O)CN(CC(C)O)CC(O)C[C@]1(CO)O[C@H](OC2[C@@H](CO)O[C@@H](OC3[C@@H](CO)O[C@@H](O)[C@H](N)[C@H]3O)[C@H](N)[C@H]2O)[C@H](N)[C@@H](O)[C@@H]1O. The molecule has 278 valence electrons. The molecule has 18 atom stereocenters. The van der Waals surface area contributed by atoms with E-state index < -0.39 is 136 Å². The summed E-state index contributed by atoms with van der Waals surface area (Å²) in [5.74, 6) is 0. The van der Waals surface area contributed by atoms with Gasteiger partial charge in [0.15, 0.2) is 18.9 Å². The number of aliphatic hydroxyl groups excluding tert-OH is 11. The highest BCUT2D eigenvalue weighted by atomic mass is 16.7. The Bertz CT molecular complexity index is 931. The topological polar surface area (TPSA) is 350 Å². The van der Waals surface area contributed by atoms with E-state index >= 15 is 0 Å². The van der Waals surface area contributed by atoms with Crippen LogP contribution in [0.2, 0.25) is 0 Å². The summed E-state index contributed by atoms with van der Waals surface area (Å²) < 4.78 is 28.4. The molecule has 3 saturated heterocycles. The summed E-state index contributed by atoms with van der Waals surface area (Å²) in [6.07, 6.45) is -20.6.